The highest BCUT2D eigenvalue weighted by Gasteiger charge is 2.19. The summed E-state index contributed by atoms with van der Waals surface area (Å²) in [7, 11) is -3.04. The Morgan fingerprint density at radius 3 is 1.42 bits per heavy atom. The lowest BCUT2D eigenvalue weighted by Crippen LogP contribution is -2.36. The van der Waals surface area contributed by atoms with Gasteiger partial charge >= 0.3 is 0 Å². The van der Waals surface area contributed by atoms with E-state index in [0.29, 0.717) is 13.1 Å². The summed E-state index contributed by atoms with van der Waals surface area (Å²) in [6.07, 6.45) is 6.45. The molecule has 2 aliphatic rings. The normalized spacial score (nSPS) is 18.5. The molecule has 0 aromatic heterocycles. The zero-order valence-corrected chi connectivity index (χ0v) is 18.9. The van der Waals surface area contributed by atoms with Crippen molar-refractivity contribution in [2.45, 2.75) is 12.8 Å². The SMILES string of the molecule is O=S(=O)(CCN1CC=C(c2ccccc2)CC1)CCN1CC=C(c2ccccc2)CC1. The van der Waals surface area contributed by atoms with Crippen molar-refractivity contribution in [2.75, 3.05) is 50.8 Å². The van der Waals surface area contributed by atoms with E-state index in [4.69, 9.17) is 0 Å². The molecule has 0 aliphatic carbocycles. The zero-order chi connectivity index (χ0) is 21.5. The Labute approximate surface area is 186 Å². The second-order valence-corrected chi connectivity index (χ2v) is 10.7. The largest absolute Gasteiger partial charge is 0.298 e. The lowest BCUT2D eigenvalue weighted by atomic mass is 10.00. The average molecular weight is 437 g/mol. The summed E-state index contributed by atoms with van der Waals surface area (Å²) in [5.74, 6) is 0.501. The highest BCUT2D eigenvalue weighted by molar-refractivity contribution is 7.91. The second-order valence-electron chi connectivity index (χ2n) is 8.44. The van der Waals surface area contributed by atoms with Crippen molar-refractivity contribution in [3.05, 3.63) is 83.9 Å². The first kappa shape index (κ1) is 22.0. The molecule has 4 rings (SSSR count). The van der Waals surface area contributed by atoms with Crippen LogP contribution < -0.4 is 0 Å². The minimum absolute atomic E-state index is 0.250. The van der Waals surface area contributed by atoms with Gasteiger partial charge < -0.3 is 0 Å². The summed E-state index contributed by atoms with van der Waals surface area (Å²) in [6.45, 7) is 4.76. The standard InChI is InChI=1S/C26H32N2O2S/c29-31(30,21-19-27-15-11-25(12-16-27)23-7-3-1-4-8-23)22-20-28-17-13-26(14-18-28)24-9-5-2-6-10-24/h1-11,13H,12,14-22H2. The van der Waals surface area contributed by atoms with Gasteiger partial charge in [0.25, 0.3) is 0 Å². The monoisotopic (exact) mass is 436 g/mol. The fourth-order valence-corrected chi connectivity index (χ4v) is 5.57. The van der Waals surface area contributed by atoms with Gasteiger partial charge in [-0.15, -0.1) is 0 Å². The average Bonchev–Trinajstić information content (AvgIpc) is 2.83. The summed E-state index contributed by atoms with van der Waals surface area (Å²) in [4.78, 5) is 4.50. The van der Waals surface area contributed by atoms with E-state index in [0.717, 1.165) is 39.0 Å². The Morgan fingerprint density at radius 1 is 0.645 bits per heavy atom. The number of hydrogen-bond donors (Lipinski definition) is 0. The van der Waals surface area contributed by atoms with E-state index in [1.165, 1.54) is 22.3 Å². The molecule has 0 unspecified atom stereocenters. The molecule has 2 aromatic rings. The van der Waals surface area contributed by atoms with Crippen LogP contribution in [0.25, 0.3) is 11.1 Å². The van der Waals surface area contributed by atoms with Crippen molar-refractivity contribution in [3.63, 3.8) is 0 Å². The maximum absolute atomic E-state index is 12.6. The van der Waals surface area contributed by atoms with Crippen molar-refractivity contribution >= 4 is 21.0 Å². The number of nitrogens with zero attached hydrogens (tertiary/aromatic N) is 2. The Kier molecular flexibility index (Phi) is 7.38. The number of sulfone groups is 1. The van der Waals surface area contributed by atoms with Crippen molar-refractivity contribution in [1.29, 1.82) is 0 Å². The predicted octanol–water partition coefficient (Wildman–Crippen LogP) is 3.98. The van der Waals surface area contributed by atoms with Crippen LogP contribution in [0, 0.1) is 0 Å². The minimum Gasteiger partial charge on any atom is -0.298 e. The van der Waals surface area contributed by atoms with Crippen LogP contribution >= 0.6 is 0 Å². The van der Waals surface area contributed by atoms with Gasteiger partial charge in [-0.2, -0.15) is 0 Å². The summed E-state index contributed by atoms with van der Waals surface area (Å²) in [5.41, 5.74) is 5.29. The highest BCUT2D eigenvalue weighted by atomic mass is 32.2. The Balaban J connectivity index is 1.20. The van der Waals surface area contributed by atoms with Crippen LogP contribution in [0.15, 0.2) is 72.8 Å². The van der Waals surface area contributed by atoms with Crippen LogP contribution in [0.5, 0.6) is 0 Å². The van der Waals surface area contributed by atoms with E-state index in [1.807, 2.05) is 12.1 Å². The summed E-state index contributed by atoms with van der Waals surface area (Å²) in [6, 6.07) is 20.9. The van der Waals surface area contributed by atoms with E-state index in [9.17, 15) is 8.42 Å². The van der Waals surface area contributed by atoms with Crippen LogP contribution in [0.3, 0.4) is 0 Å². The van der Waals surface area contributed by atoms with Crippen LogP contribution in [0.4, 0.5) is 0 Å². The summed E-state index contributed by atoms with van der Waals surface area (Å²) in [5, 5.41) is 0. The Hall–Kier alpha value is -2.21. The molecule has 31 heavy (non-hydrogen) atoms. The Morgan fingerprint density at radius 2 is 1.06 bits per heavy atom. The summed E-state index contributed by atoms with van der Waals surface area (Å²) >= 11 is 0. The molecule has 2 aliphatic heterocycles. The highest BCUT2D eigenvalue weighted by Crippen LogP contribution is 2.23. The molecule has 0 radical (unpaired) electrons. The number of benzene rings is 2. The maximum atomic E-state index is 12.6. The second kappa shape index (κ2) is 10.4. The van der Waals surface area contributed by atoms with E-state index in [1.54, 1.807) is 0 Å². The predicted molar refractivity (Wildman–Crippen MR) is 130 cm³/mol. The van der Waals surface area contributed by atoms with Crippen molar-refractivity contribution < 1.29 is 8.42 Å². The van der Waals surface area contributed by atoms with E-state index < -0.39 is 9.84 Å². The first-order valence-corrected chi connectivity index (χ1v) is 13.1. The molecule has 164 valence electrons. The van der Waals surface area contributed by atoms with Gasteiger partial charge in [-0.05, 0) is 35.1 Å². The molecule has 0 bridgehead atoms. The van der Waals surface area contributed by atoms with E-state index in [-0.39, 0.29) is 11.5 Å². The first-order valence-electron chi connectivity index (χ1n) is 11.2. The molecule has 4 nitrogen and oxygen atoms in total. The van der Waals surface area contributed by atoms with Crippen LogP contribution in [-0.2, 0) is 9.84 Å². The quantitative estimate of drug-likeness (QED) is 0.628. The van der Waals surface area contributed by atoms with Gasteiger partial charge in [-0.3, -0.25) is 9.80 Å². The van der Waals surface area contributed by atoms with Crippen LogP contribution in [0.1, 0.15) is 24.0 Å². The number of hydrogen-bond acceptors (Lipinski definition) is 4. The molecule has 0 N–H and O–H groups in total. The molecule has 0 saturated heterocycles. The fourth-order valence-electron chi connectivity index (χ4n) is 4.30. The van der Waals surface area contributed by atoms with Crippen LogP contribution in [0.2, 0.25) is 0 Å². The van der Waals surface area contributed by atoms with Crippen LogP contribution in [-0.4, -0.2) is 69.0 Å². The third-order valence-electron chi connectivity index (χ3n) is 6.31. The van der Waals surface area contributed by atoms with E-state index >= 15 is 0 Å². The lowest BCUT2D eigenvalue weighted by molar-refractivity contribution is 0.314. The maximum Gasteiger partial charge on any atom is 0.152 e. The molecular formula is C26H32N2O2S. The van der Waals surface area contributed by atoms with Gasteiger partial charge in [0.05, 0.1) is 11.5 Å². The topological polar surface area (TPSA) is 40.6 Å². The molecule has 2 aromatic carbocycles. The molecule has 5 heteroatoms. The van der Waals surface area contributed by atoms with Gasteiger partial charge in [0.1, 0.15) is 0 Å². The molecule has 2 heterocycles. The Bertz CT molecular complexity index is 936. The minimum atomic E-state index is -3.04. The van der Waals surface area contributed by atoms with Gasteiger partial charge in [0.2, 0.25) is 0 Å². The van der Waals surface area contributed by atoms with Gasteiger partial charge in [-0.25, -0.2) is 8.42 Å². The van der Waals surface area contributed by atoms with Crippen molar-refractivity contribution in [2.24, 2.45) is 0 Å². The van der Waals surface area contributed by atoms with Crippen molar-refractivity contribution in [3.8, 4) is 0 Å². The molecule has 0 amide bonds. The van der Waals surface area contributed by atoms with Gasteiger partial charge in [0.15, 0.2) is 9.84 Å². The zero-order valence-electron chi connectivity index (χ0n) is 18.1. The fraction of sp³-hybridized carbons (Fsp3) is 0.385. The molecular weight excluding hydrogens is 404 g/mol. The lowest BCUT2D eigenvalue weighted by Gasteiger charge is -2.27. The molecule has 0 spiro atoms. The van der Waals surface area contributed by atoms with Gasteiger partial charge in [-0.1, -0.05) is 72.8 Å². The molecule has 0 saturated carbocycles. The molecule has 0 atom stereocenters. The third-order valence-corrected chi connectivity index (χ3v) is 7.92. The molecule has 0 fully saturated rings. The van der Waals surface area contributed by atoms with Gasteiger partial charge in [0, 0.05) is 39.3 Å². The number of rotatable bonds is 8. The van der Waals surface area contributed by atoms with E-state index in [2.05, 4.69) is 70.5 Å². The van der Waals surface area contributed by atoms with Crippen molar-refractivity contribution in [1.82, 2.24) is 9.80 Å². The summed E-state index contributed by atoms with van der Waals surface area (Å²) < 4.78 is 25.2. The smallest absolute Gasteiger partial charge is 0.152 e. The third kappa shape index (κ3) is 6.39. The first-order chi connectivity index (χ1) is 15.1.